The summed E-state index contributed by atoms with van der Waals surface area (Å²) in [6.45, 7) is 6.23. The van der Waals surface area contributed by atoms with Crippen molar-refractivity contribution in [1.29, 1.82) is 0 Å². The second-order valence-corrected chi connectivity index (χ2v) is 10.2. The molecule has 0 aromatic heterocycles. The molecule has 170 valence electrons. The third-order valence-corrected chi connectivity index (χ3v) is 7.22. The minimum absolute atomic E-state index is 0.0827. The van der Waals surface area contributed by atoms with E-state index in [2.05, 4.69) is 0 Å². The Morgan fingerprint density at radius 3 is 2.16 bits per heavy atom. The van der Waals surface area contributed by atoms with E-state index in [1.54, 1.807) is 36.1 Å². The molecule has 6 nitrogen and oxygen atoms in total. The van der Waals surface area contributed by atoms with E-state index in [1.165, 1.54) is 0 Å². The van der Waals surface area contributed by atoms with E-state index >= 15 is 0 Å². The van der Waals surface area contributed by atoms with Crippen molar-refractivity contribution in [2.24, 2.45) is 0 Å². The van der Waals surface area contributed by atoms with Crippen molar-refractivity contribution < 1.29 is 22.7 Å². The third-order valence-electron chi connectivity index (χ3n) is 6.09. The molecular weight excluding hydrogens is 426 g/mol. The van der Waals surface area contributed by atoms with E-state index in [9.17, 15) is 18.0 Å². The second-order valence-electron chi connectivity index (χ2n) is 8.17. The number of amides is 1. The van der Waals surface area contributed by atoms with Crippen LogP contribution in [0.1, 0.15) is 38.3 Å². The van der Waals surface area contributed by atoms with Crippen LogP contribution in [0.4, 0.5) is 0 Å². The highest BCUT2D eigenvalue weighted by Crippen LogP contribution is 2.41. The molecule has 1 aliphatic rings. The lowest BCUT2D eigenvalue weighted by atomic mass is 9.84. The van der Waals surface area contributed by atoms with Gasteiger partial charge in [-0.25, -0.2) is 13.2 Å². The van der Waals surface area contributed by atoms with Gasteiger partial charge in [0.1, 0.15) is 5.57 Å². The fraction of sp³-hybridized carbons (Fsp3) is 0.360. The van der Waals surface area contributed by atoms with Crippen molar-refractivity contribution in [3.05, 3.63) is 76.9 Å². The Morgan fingerprint density at radius 2 is 1.62 bits per heavy atom. The molecule has 0 aliphatic carbocycles. The van der Waals surface area contributed by atoms with E-state index < -0.39 is 21.3 Å². The largest absolute Gasteiger partial charge is 0.462 e. The zero-order chi connectivity index (χ0) is 23.5. The fourth-order valence-electron chi connectivity index (χ4n) is 4.09. The summed E-state index contributed by atoms with van der Waals surface area (Å²) in [6.07, 6.45) is 2.12. The summed E-state index contributed by atoms with van der Waals surface area (Å²) in [5.41, 5.74) is 1.90. The predicted octanol–water partition coefficient (Wildman–Crippen LogP) is 3.70. The predicted molar refractivity (Wildman–Crippen MR) is 123 cm³/mol. The van der Waals surface area contributed by atoms with Gasteiger partial charge < -0.3 is 9.64 Å². The number of esters is 1. The van der Waals surface area contributed by atoms with Crippen LogP contribution < -0.4 is 0 Å². The van der Waals surface area contributed by atoms with E-state index in [0.29, 0.717) is 25.0 Å². The van der Waals surface area contributed by atoms with Gasteiger partial charge in [0.05, 0.1) is 17.0 Å². The Morgan fingerprint density at radius 1 is 1.00 bits per heavy atom. The Kier molecular flexibility index (Phi) is 6.88. The van der Waals surface area contributed by atoms with E-state index in [0.717, 1.165) is 17.4 Å². The van der Waals surface area contributed by atoms with E-state index in [1.807, 2.05) is 44.2 Å². The maximum absolute atomic E-state index is 13.5. The lowest BCUT2D eigenvalue weighted by Crippen LogP contribution is -2.45. The van der Waals surface area contributed by atoms with Crippen LogP contribution in [0.15, 0.2) is 70.6 Å². The first-order valence-electron chi connectivity index (χ1n) is 10.7. The van der Waals surface area contributed by atoms with Crippen molar-refractivity contribution >= 4 is 21.7 Å². The van der Waals surface area contributed by atoms with Gasteiger partial charge in [0.25, 0.3) is 5.91 Å². The number of nitrogens with zero attached hydrogens (tertiary/aromatic N) is 1. The third kappa shape index (κ3) is 4.63. The second kappa shape index (κ2) is 9.28. The van der Waals surface area contributed by atoms with Crippen molar-refractivity contribution in [2.45, 2.75) is 50.6 Å². The number of ether oxygens (including phenoxy) is 1. The highest BCUT2D eigenvalue weighted by atomic mass is 32.2. The van der Waals surface area contributed by atoms with Crippen LogP contribution in [0.2, 0.25) is 0 Å². The first-order chi connectivity index (χ1) is 15.1. The summed E-state index contributed by atoms with van der Waals surface area (Å²) in [7, 11) is -3.31. The number of hydrogen-bond donors (Lipinski definition) is 0. The average Bonchev–Trinajstić information content (AvgIpc) is 2.96. The molecule has 0 fully saturated rings. The average molecular weight is 456 g/mol. The van der Waals surface area contributed by atoms with Crippen LogP contribution in [0.25, 0.3) is 0 Å². The van der Waals surface area contributed by atoms with Gasteiger partial charge in [-0.05, 0) is 55.5 Å². The number of hydrogen-bond acceptors (Lipinski definition) is 5. The van der Waals surface area contributed by atoms with Crippen LogP contribution in [-0.2, 0) is 37.1 Å². The van der Waals surface area contributed by atoms with Crippen molar-refractivity contribution in [3.63, 3.8) is 0 Å². The number of carbonyl (C=O) groups is 2. The molecule has 0 radical (unpaired) electrons. The summed E-state index contributed by atoms with van der Waals surface area (Å²) in [5.74, 6) is -0.949. The molecule has 0 saturated carbocycles. The maximum atomic E-state index is 13.5. The molecule has 2 aromatic rings. The summed E-state index contributed by atoms with van der Waals surface area (Å²) < 4.78 is 28.8. The first-order valence-corrected chi connectivity index (χ1v) is 12.6. The molecule has 0 bridgehead atoms. The molecule has 3 rings (SSSR count). The molecule has 32 heavy (non-hydrogen) atoms. The molecule has 1 heterocycles. The molecule has 7 heteroatoms. The number of benzene rings is 2. The zero-order valence-corrected chi connectivity index (χ0v) is 19.7. The van der Waals surface area contributed by atoms with Crippen LogP contribution >= 0.6 is 0 Å². The minimum atomic E-state index is -3.31. The number of carbonyl (C=O) groups excluding carboxylic acids is 2. The quantitative estimate of drug-likeness (QED) is 0.448. The van der Waals surface area contributed by atoms with Gasteiger partial charge in [0.2, 0.25) is 0 Å². The van der Waals surface area contributed by atoms with Gasteiger partial charge in [-0.2, -0.15) is 0 Å². The number of sulfone groups is 1. The lowest BCUT2D eigenvalue weighted by molar-refractivity contribution is -0.142. The molecule has 1 aliphatic heterocycles. The van der Waals surface area contributed by atoms with Gasteiger partial charge in [-0.1, -0.05) is 49.4 Å². The monoisotopic (exact) mass is 455 g/mol. The Hall–Kier alpha value is -2.93. The van der Waals surface area contributed by atoms with Gasteiger partial charge >= 0.3 is 5.97 Å². The smallest absolute Gasteiger partial charge is 0.343 e. The molecule has 0 spiro atoms. The Balaban J connectivity index is 2.04. The molecule has 2 aromatic carbocycles. The normalized spacial score (nSPS) is 18.9. The SMILES string of the molecule is CCOC(=O)C1=C(Cc2ccc(S(C)(=O)=O)cc2)C(C)(CC)N(Cc2ccccc2)C1=O. The molecule has 0 saturated heterocycles. The lowest BCUT2D eigenvalue weighted by Gasteiger charge is -2.37. The molecule has 1 unspecified atom stereocenters. The standard InChI is InChI=1S/C25H29NO5S/c1-5-25(3)21(16-18-12-14-20(15-13-18)32(4,29)30)22(24(28)31-6-2)23(27)26(25)17-19-10-8-7-9-11-19/h7-15H,5-6,16-17H2,1-4H3. The molecule has 0 N–H and O–H groups in total. The summed E-state index contributed by atoms with van der Waals surface area (Å²) in [4.78, 5) is 28.3. The summed E-state index contributed by atoms with van der Waals surface area (Å²) in [6, 6.07) is 16.2. The molecular formula is C25H29NO5S. The highest BCUT2D eigenvalue weighted by Gasteiger charge is 2.49. The Labute approximate surface area is 189 Å². The van der Waals surface area contributed by atoms with E-state index in [4.69, 9.17) is 4.74 Å². The zero-order valence-electron chi connectivity index (χ0n) is 18.9. The van der Waals surface area contributed by atoms with E-state index in [-0.39, 0.29) is 23.0 Å². The van der Waals surface area contributed by atoms with Crippen molar-refractivity contribution in [2.75, 3.05) is 12.9 Å². The maximum Gasteiger partial charge on any atom is 0.343 e. The number of rotatable bonds is 8. The van der Waals surface area contributed by atoms with Gasteiger partial charge in [0, 0.05) is 12.8 Å². The van der Waals surface area contributed by atoms with Crippen molar-refractivity contribution in [1.82, 2.24) is 4.90 Å². The van der Waals surface area contributed by atoms with Gasteiger partial charge in [-0.3, -0.25) is 4.79 Å². The highest BCUT2D eigenvalue weighted by molar-refractivity contribution is 7.90. The summed E-state index contributed by atoms with van der Waals surface area (Å²) in [5, 5.41) is 0. The van der Waals surface area contributed by atoms with Crippen molar-refractivity contribution in [3.8, 4) is 0 Å². The van der Waals surface area contributed by atoms with Crippen LogP contribution in [0.3, 0.4) is 0 Å². The van der Waals surface area contributed by atoms with Crippen LogP contribution in [-0.4, -0.2) is 43.6 Å². The fourth-order valence-corrected chi connectivity index (χ4v) is 4.72. The minimum Gasteiger partial charge on any atom is -0.462 e. The topological polar surface area (TPSA) is 80.8 Å². The van der Waals surface area contributed by atoms with Gasteiger partial charge in [-0.15, -0.1) is 0 Å². The molecule has 1 atom stereocenters. The van der Waals surface area contributed by atoms with Gasteiger partial charge in [0.15, 0.2) is 9.84 Å². The Bertz CT molecular complexity index is 1140. The first kappa shape index (κ1) is 23.7. The summed E-state index contributed by atoms with van der Waals surface area (Å²) >= 11 is 0. The van der Waals surface area contributed by atoms with Crippen LogP contribution in [0.5, 0.6) is 0 Å². The van der Waals surface area contributed by atoms with Crippen LogP contribution in [0, 0.1) is 0 Å². The molecule has 1 amide bonds.